The number of fused-ring (bicyclic) bond motifs is 1. The quantitative estimate of drug-likeness (QED) is 0.563. The number of pyridine rings is 1. The monoisotopic (exact) mass is 362 g/mol. The molecule has 4 rings (SSSR count). The molecule has 1 N–H and O–H groups in total. The Bertz CT molecular complexity index is 1080. The van der Waals surface area contributed by atoms with E-state index < -0.39 is 11.6 Å². The average Bonchev–Trinajstić information content (AvgIpc) is 2.70. The average molecular weight is 362 g/mol. The van der Waals surface area contributed by atoms with Crippen molar-refractivity contribution in [3.8, 4) is 11.1 Å². The van der Waals surface area contributed by atoms with Crippen LogP contribution in [0.5, 0.6) is 0 Å². The van der Waals surface area contributed by atoms with E-state index in [1.807, 2.05) is 18.2 Å². The zero-order valence-corrected chi connectivity index (χ0v) is 14.4. The summed E-state index contributed by atoms with van der Waals surface area (Å²) in [5.74, 6) is -0.428. The third-order valence-corrected chi connectivity index (χ3v) is 4.21. The summed E-state index contributed by atoms with van der Waals surface area (Å²) in [6.07, 6.45) is 4.20. The number of benzene rings is 2. The molecule has 0 amide bonds. The first kappa shape index (κ1) is 17.0. The molecule has 0 aliphatic carbocycles. The Kier molecular flexibility index (Phi) is 4.70. The van der Waals surface area contributed by atoms with Gasteiger partial charge in [0.05, 0.1) is 5.52 Å². The van der Waals surface area contributed by atoms with Crippen LogP contribution in [0, 0.1) is 11.6 Å². The van der Waals surface area contributed by atoms with Crippen molar-refractivity contribution in [3.05, 3.63) is 84.3 Å². The summed E-state index contributed by atoms with van der Waals surface area (Å²) in [6, 6.07) is 14.5. The summed E-state index contributed by atoms with van der Waals surface area (Å²) >= 11 is 0. The highest BCUT2D eigenvalue weighted by Crippen LogP contribution is 2.26. The number of rotatable bonds is 5. The van der Waals surface area contributed by atoms with Gasteiger partial charge in [-0.1, -0.05) is 12.1 Å². The molecule has 0 bridgehead atoms. The molecule has 134 valence electrons. The van der Waals surface area contributed by atoms with E-state index in [2.05, 4.69) is 20.3 Å². The second-order valence-corrected chi connectivity index (χ2v) is 6.09. The van der Waals surface area contributed by atoms with Crippen molar-refractivity contribution in [3.63, 3.8) is 0 Å². The van der Waals surface area contributed by atoms with E-state index in [4.69, 9.17) is 0 Å². The number of hydrogen-bond donors (Lipinski definition) is 1. The Labute approximate surface area is 154 Å². The molecule has 4 nitrogen and oxygen atoms in total. The van der Waals surface area contributed by atoms with Crippen LogP contribution in [-0.2, 0) is 6.42 Å². The largest absolute Gasteiger partial charge is 0.354 e. The molecular weight excluding hydrogens is 346 g/mol. The molecule has 0 atom stereocenters. The zero-order chi connectivity index (χ0) is 18.6. The molecule has 4 aromatic rings. The zero-order valence-electron chi connectivity index (χ0n) is 14.4. The van der Waals surface area contributed by atoms with Gasteiger partial charge in [0, 0.05) is 42.0 Å². The molecule has 2 aromatic carbocycles. The second kappa shape index (κ2) is 7.45. The number of aromatic nitrogens is 3. The molecule has 0 radical (unpaired) electrons. The highest BCUT2D eigenvalue weighted by atomic mass is 19.1. The minimum absolute atomic E-state index is 0.217. The highest BCUT2D eigenvalue weighted by Gasteiger charge is 2.08. The van der Waals surface area contributed by atoms with E-state index in [1.165, 1.54) is 6.07 Å². The van der Waals surface area contributed by atoms with Crippen LogP contribution < -0.4 is 5.32 Å². The fourth-order valence-electron chi connectivity index (χ4n) is 2.85. The lowest BCUT2D eigenvalue weighted by molar-refractivity contribution is 0.603. The molecule has 0 saturated heterocycles. The van der Waals surface area contributed by atoms with Crippen molar-refractivity contribution in [1.82, 2.24) is 15.0 Å². The number of nitrogens with zero attached hydrogens (tertiary/aromatic N) is 3. The molecule has 6 heteroatoms. The summed E-state index contributed by atoms with van der Waals surface area (Å²) in [5.41, 5.74) is 2.52. The maximum Gasteiger partial charge on any atom is 0.223 e. The van der Waals surface area contributed by atoms with Gasteiger partial charge in [-0.2, -0.15) is 0 Å². The predicted octanol–water partition coefficient (Wildman–Crippen LogP) is 4.62. The van der Waals surface area contributed by atoms with Crippen molar-refractivity contribution >= 4 is 16.9 Å². The summed E-state index contributed by atoms with van der Waals surface area (Å²) < 4.78 is 27.4. The molecule has 0 aliphatic heterocycles. The van der Waals surface area contributed by atoms with Gasteiger partial charge >= 0.3 is 0 Å². The Morgan fingerprint density at radius 2 is 1.85 bits per heavy atom. The minimum atomic E-state index is -0.477. The fourth-order valence-corrected chi connectivity index (χ4v) is 2.85. The van der Waals surface area contributed by atoms with E-state index in [-0.39, 0.29) is 5.56 Å². The summed E-state index contributed by atoms with van der Waals surface area (Å²) in [7, 11) is 0. The molecule has 2 aromatic heterocycles. The van der Waals surface area contributed by atoms with E-state index in [0.717, 1.165) is 35.2 Å². The molecule has 2 heterocycles. The van der Waals surface area contributed by atoms with Gasteiger partial charge in [0.1, 0.15) is 11.6 Å². The molecular formula is C21H16F2N4. The standard InChI is InChI=1S/C21H16F2N4/c22-16-5-6-19(23)18(12-16)14-4-7-20-15(11-14)13-26-21(27-20)25-10-8-17-3-1-2-9-24-17/h1-7,9,11-13H,8,10H2,(H,25,26,27). The highest BCUT2D eigenvalue weighted by molar-refractivity contribution is 5.84. The molecule has 0 aliphatic rings. The van der Waals surface area contributed by atoms with Gasteiger partial charge in [-0.25, -0.2) is 18.7 Å². The lowest BCUT2D eigenvalue weighted by atomic mass is 10.0. The van der Waals surface area contributed by atoms with Crippen molar-refractivity contribution in [2.24, 2.45) is 0 Å². The normalized spacial score (nSPS) is 10.9. The van der Waals surface area contributed by atoms with Gasteiger partial charge in [0.25, 0.3) is 0 Å². The first-order valence-electron chi connectivity index (χ1n) is 8.55. The molecule has 27 heavy (non-hydrogen) atoms. The summed E-state index contributed by atoms with van der Waals surface area (Å²) in [4.78, 5) is 13.0. The number of anilines is 1. The smallest absolute Gasteiger partial charge is 0.223 e. The number of hydrogen-bond acceptors (Lipinski definition) is 4. The summed E-state index contributed by atoms with van der Waals surface area (Å²) in [6.45, 7) is 0.662. The van der Waals surface area contributed by atoms with Crippen LogP contribution in [0.1, 0.15) is 5.69 Å². The third kappa shape index (κ3) is 3.89. The Morgan fingerprint density at radius 1 is 0.926 bits per heavy atom. The van der Waals surface area contributed by atoms with E-state index in [1.54, 1.807) is 30.6 Å². The van der Waals surface area contributed by atoms with Crippen LogP contribution in [-0.4, -0.2) is 21.5 Å². The topological polar surface area (TPSA) is 50.7 Å². The Balaban J connectivity index is 1.52. The van der Waals surface area contributed by atoms with Crippen LogP contribution in [0.25, 0.3) is 22.0 Å². The Morgan fingerprint density at radius 3 is 2.70 bits per heavy atom. The lowest BCUT2D eigenvalue weighted by Gasteiger charge is -2.08. The van der Waals surface area contributed by atoms with Gasteiger partial charge in [0.2, 0.25) is 5.95 Å². The van der Waals surface area contributed by atoms with Gasteiger partial charge in [-0.05, 0) is 48.0 Å². The van der Waals surface area contributed by atoms with Crippen LogP contribution in [0.2, 0.25) is 0 Å². The lowest BCUT2D eigenvalue weighted by Crippen LogP contribution is -2.08. The van der Waals surface area contributed by atoms with Crippen LogP contribution in [0.4, 0.5) is 14.7 Å². The van der Waals surface area contributed by atoms with Gasteiger partial charge < -0.3 is 5.32 Å². The molecule has 0 spiro atoms. The molecule has 0 fully saturated rings. The Hall–Kier alpha value is -3.41. The molecule has 0 unspecified atom stereocenters. The first-order chi connectivity index (χ1) is 13.2. The van der Waals surface area contributed by atoms with Crippen molar-refractivity contribution in [2.75, 3.05) is 11.9 Å². The van der Waals surface area contributed by atoms with Crippen LogP contribution in [0.15, 0.2) is 67.0 Å². The number of nitrogens with one attached hydrogen (secondary N) is 1. The van der Waals surface area contributed by atoms with Gasteiger partial charge in [-0.3, -0.25) is 4.98 Å². The van der Waals surface area contributed by atoms with Crippen molar-refractivity contribution in [1.29, 1.82) is 0 Å². The van der Waals surface area contributed by atoms with E-state index in [9.17, 15) is 8.78 Å². The molecule has 0 saturated carbocycles. The predicted molar refractivity (Wildman–Crippen MR) is 101 cm³/mol. The maximum absolute atomic E-state index is 14.0. The maximum atomic E-state index is 14.0. The van der Waals surface area contributed by atoms with E-state index >= 15 is 0 Å². The fraction of sp³-hybridized carbons (Fsp3) is 0.0952. The first-order valence-corrected chi connectivity index (χ1v) is 8.55. The van der Waals surface area contributed by atoms with Crippen molar-refractivity contribution < 1.29 is 8.78 Å². The van der Waals surface area contributed by atoms with Gasteiger partial charge in [-0.15, -0.1) is 0 Å². The van der Waals surface area contributed by atoms with Crippen molar-refractivity contribution in [2.45, 2.75) is 6.42 Å². The van der Waals surface area contributed by atoms with Crippen LogP contribution in [0.3, 0.4) is 0 Å². The SMILES string of the molecule is Fc1ccc(F)c(-c2ccc3nc(NCCc4ccccn4)ncc3c2)c1. The van der Waals surface area contributed by atoms with E-state index in [0.29, 0.717) is 18.1 Å². The third-order valence-electron chi connectivity index (χ3n) is 4.21. The minimum Gasteiger partial charge on any atom is -0.354 e. The second-order valence-electron chi connectivity index (χ2n) is 6.09. The number of halogens is 2. The van der Waals surface area contributed by atoms with Crippen LogP contribution >= 0.6 is 0 Å². The van der Waals surface area contributed by atoms with Gasteiger partial charge in [0.15, 0.2) is 0 Å². The summed E-state index contributed by atoms with van der Waals surface area (Å²) in [5, 5.41) is 3.93.